The second-order valence-corrected chi connectivity index (χ2v) is 4.97. The normalized spacial score (nSPS) is 24.0. The number of rotatable bonds is 4. The van der Waals surface area contributed by atoms with Crippen LogP contribution in [0.4, 0.5) is 8.78 Å². The topological polar surface area (TPSA) is 21.3 Å². The number of hydrogen-bond acceptors (Lipinski definition) is 2. The number of halogens is 2. The zero-order valence-corrected chi connectivity index (χ0v) is 11.0. The molecule has 1 aliphatic heterocycles. The molecule has 1 aliphatic rings. The van der Waals surface area contributed by atoms with E-state index in [1.807, 2.05) is 18.2 Å². The van der Waals surface area contributed by atoms with E-state index in [2.05, 4.69) is 17.0 Å². The van der Waals surface area contributed by atoms with Gasteiger partial charge >= 0.3 is 6.61 Å². The summed E-state index contributed by atoms with van der Waals surface area (Å²) in [5, 5.41) is 3.40. The van der Waals surface area contributed by atoms with Crippen molar-refractivity contribution < 1.29 is 13.5 Å². The molecule has 1 aromatic carbocycles. The lowest BCUT2D eigenvalue weighted by Gasteiger charge is -2.25. The van der Waals surface area contributed by atoms with Crippen LogP contribution in [0, 0.1) is 5.92 Å². The molecule has 0 amide bonds. The highest BCUT2D eigenvalue weighted by molar-refractivity contribution is 5.57. The maximum atomic E-state index is 12.3. The van der Waals surface area contributed by atoms with Crippen LogP contribution in [0.3, 0.4) is 0 Å². The van der Waals surface area contributed by atoms with Gasteiger partial charge in [0.1, 0.15) is 5.75 Å². The first-order chi connectivity index (χ1) is 9.15. The summed E-state index contributed by atoms with van der Waals surface area (Å²) in [4.78, 5) is 0. The van der Waals surface area contributed by atoms with Crippen LogP contribution >= 0.6 is 0 Å². The third-order valence-corrected chi connectivity index (χ3v) is 3.34. The summed E-state index contributed by atoms with van der Waals surface area (Å²) in [6.45, 7) is 0.448. The SMILES string of the molecule is CC1CCNC(/C=C/c2ccccc2OC(F)F)C1. The molecule has 1 saturated heterocycles. The zero-order valence-electron chi connectivity index (χ0n) is 11.0. The Bertz CT molecular complexity index is 434. The Morgan fingerprint density at radius 2 is 2.16 bits per heavy atom. The Morgan fingerprint density at radius 3 is 2.89 bits per heavy atom. The molecule has 1 aromatic rings. The van der Waals surface area contributed by atoms with Crippen molar-refractivity contribution in [2.45, 2.75) is 32.4 Å². The van der Waals surface area contributed by atoms with E-state index in [0.717, 1.165) is 13.0 Å². The molecule has 0 radical (unpaired) electrons. The number of hydrogen-bond donors (Lipinski definition) is 1. The van der Waals surface area contributed by atoms with Crippen molar-refractivity contribution in [2.75, 3.05) is 6.54 Å². The largest absolute Gasteiger partial charge is 0.434 e. The second kappa shape index (κ2) is 6.66. The molecule has 1 fully saturated rings. The van der Waals surface area contributed by atoms with Crippen LogP contribution in [-0.2, 0) is 0 Å². The third-order valence-electron chi connectivity index (χ3n) is 3.34. The van der Waals surface area contributed by atoms with Crippen LogP contribution < -0.4 is 10.1 Å². The highest BCUT2D eigenvalue weighted by Gasteiger charge is 2.15. The Morgan fingerprint density at radius 1 is 1.37 bits per heavy atom. The molecular weight excluding hydrogens is 248 g/mol. The van der Waals surface area contributed by atoms with Gasteiger partial charge in [-0.05, 0) is 31.4 Å². The summed E-state index contributed by atoms with van der Waals surface area (Å²) in [5.41, 5.74) is 0.683. The van der Waals surface area contributed by atoms with Crippen LogP contribution in [-0.4, -0.2) is 19.2 Å². The van der Waals surface area contributed by atoms with E-state index in [0.29, 0.717) is 17.5 Å². The number of benzene rings is 1. The summed E-state index contributed by atoms with van der Waals surface area (Å²) < 4.78 is 29.1. The predicted molar refractivity (Wildman–Crippen MR) is 72.3 cm³/mol. The number of piperidine rings is 1. The van der Waals surface area contributed by atoms with Crippen LogP contribution in [0.15, 0.2) is 30.3 Å². The lowest BCUT2D eigenvalue weighted by atomic mass is 9.94. The molecule has 1 heterocycles. The van der Waals surface area contributed by atoms with Crippen LogP contribution in [0.5, 0.6) is 5.75 Å². The van der Waals surface area contributed by atoms with Gasteiger partial charge in [0.25, 0.3) is 0 Å². The zero-order chi connectivity index (χ0) is 13.7. The average molecular weight is 267 g/mol. The van der Waals surface area contributed by atoms with Gasteiger partial charge in [-0.3, -0.25) is 0 Å². The molecule has 2 rings (SSSR count). The van der Waals surface area contributed by atoms with Crippen molar-refractivity contribution in [3.63, 3.8) is 0 Å². The van der Waals surface area contributed by atoms with Crippen molar-refractivity contribution in [3.05, 3.63) is 35.9 Å². The van der Waals surface area contributed by atoms with Gasteiger partial charge in [0.05, 0.1) is 0 Å². The third kappa shape index (κ3) is 4.31. The standard InChI is InChI=1S/C15H19F2NO/c1-11-8-9-18-13(10-11)7-6-12-4-2-3-5-14(12)19-15(16)17/h2-7,11,13,15,18H,8-10H2,1H3/b7-6+. The Hall–Kier alpha value is -1.42. The van der Waals surface area contributed by atoms with E-state index in [1.165, 1.54) is 6.42 Å². The maximum absolute atomic E-state index is 12.3. The number of para-hydroxylation sites is 1. The van der Waals surface area contributed by atoms with Crippen molar-refractivity contribution in [2.24, 2.45) is 5.92 Å². The monoisotopic (exact) mass is 267 g/mol. The molecule has 2 nitrogen and oxygen atoms in total. The molecule has 2 atom stereocenters. The van der Waals surface area contributed by atoms with Gasteiger partial charge in [-0.15, -0.1) is 0 Å². The van der Waals surface area contributed by atoms with E-state index in [9.17, 15) is 8.78 Å². The van der Waals surface area contributed by atoms with Gasteiger partial charge in [0, 0.05) is 11.6 Å². The molecule has 0 aliphatic carbocycles. The van der Waals surface area contributed by atoms with E-state index in [4.69, 9.17) is 0 Å². The molecule has 0 spiro atoms. The molecule has 2 unspecified atom stereocenters. The summed E-state index contributed by atoms with van der Waals surface area (Å²) in [6.07, 6.45) is 6.15. The van der Waals surface area contributed by atoms with Gasteiger partial charge in [0.15, 0.2) is 0 Å². The summed E-state index contributed by atoms with van der Waals surface area (Å²) >= 11 is 0. The van der Waals surface area contributed by atoms with Crippen LogP contribution in [0.2, 0.25) is 0 Å². The van der Waals surface area contributed by atoms with Crippen LogP contribution in [0.1, 0.15) is 25.3 Å². The fourth-order valence-electron chi connectivity index (χ4n) is 2.34. The minimum Gasteiger partial charge on any atom is -0.434 e. The quantitative estimate of drug-likeness (QED) is 0.898. The first-order valence-electron chi connectivity index (χ1n) is 6.60. The lowest BCUT2D eigenvalue weighted by molar-refractivity contribution is -0.0499. The maximum Gasteiger partial charge on any atom is 0.387 e. The molecule has 0 bridgehead atoms. The fraction of sp³-hybridized carbons (Fsp3) is 0.467. The molecule has 19 heavy (non-hydrogen) atoms. The Balaban J connectivity index is 2.05. The van der Waals surface area contributed by atoms with E-state index >= 15 is 0 Å². The van der Waals surface area contributed by atoms with Crippen LogP contribution in [0.25, 0.3) is 6.08 Å². The number of alkyl halides is 2. The number of ether oxygens (including phenoxy) is 1. The second-order valence-electron chi connectivity index (χ2n) is 4.97. The van der Waals surface area contributed by atoms with Crippen molar-refractivity contribution in [3.8, 4) is 5.75 Å². The molecule has 1 N–H and O–H groups in total. The van der Waals surface area contributed by atoms with E-state index < -0.39 is 6.61 Å². The molecule has 104 valence electrons. The number of nitrogens with one attached hydrogen (secondary N) is 1. The van der Waals surface area contributed by atoms with Gasteiger partial charge in [-0.1, -0.05) is 37.3 Å². The fourth-order valence-corrected chi connectivity index (χ4v) is 2.34. The molecule has 0 saturated carbocycles. The highest BCUT2D eigenvalue weighted by Crippen LogP contribution is 2.23. The molecule has 0 aromatic heterocycles. The van der Waals surface area contributed by atoms with Crippen molar-refractivity contribution >= 4 is 6.08 Å². The smallest absolute Gasteiger partial charge is 0.387 e. The first kappa shape index (κ1) is 14.0. The van der Waals surface area contributed by atoms with E-state index in [1.54, 1.807) is 18.2 Å². The minimum atomic E-state index is -2.79. The Kier molecular flexibility index (Phi) is 4.91. The van der Waals surface area contributed by atoms with Crippen molar-refractivity contribution in [1.29, 1.82) is 0 Å². The average Bonchev–Trinajstić information content (AvgIpc) is 2.37. The van der Waals surface area contributed by atoms with Gasteiger partial charge in [-0.25, -0.2) is 0 Å². The molecule has 4 heteroatoms. The summed E-state index contributed by atoms with van der Waals surface area (Å²) in [6, 6.07) is 7.15. The first-order valence-corrected chi connectivity index (χ1v) is 6.60. The van der Waals surface area contributed by atoms with Gasteiger partial charge < -0.3 is 10.1 Å². The highest BCUT2D eigenvalue weighted by atomic mass is 19.3. The van der Waals surface area contributed by atoms with Gasteiger partial charge in [0.2, 0.25) is 0 Å². The lowest BCUT2D eigenvalue weighted by Crippen LogP contribution is -2.35. The minimum absolute atomic E-state index is 0.220. The van der Waals surface area contributed by atoms with E-state index in [-0.39, 0.29) is 5.75 Å². The van der Waals surface area contributed by atoms with Crippen molar-refractivity contribution in [1.82, 2.24) is 5.32 Å². The Labute approximate surface area is 112 Å². The summed E-state index contributed by atoms with van der Waals surface area (Å²) in [7, 11) is 0. The molecular formula is C15H19F2NO. The summed E-state index contributed by atoms with van der Waals surface area (Å²) in [5.74, 6) is 0.918. The van der Waals surface area contributed by atoms with Gasteiger partial charge in [-0.2, -0.15) is 8.78 Å². The predicted octanol–water partition coefficient (Wildman–Crippen LogP) is 3.69.